The zero-order valence-corrected chi connectivity index (χ0v) is 11.0. The lowest BCUT2D eigenvalue weighted by Gasteiger charge is -2.09. The fourth-order valence-electron chi connectivity index (χ4n) is 1.82. The molecule has 1 atom stereocenters. The standard InChI is InChI=1S/C14H21NO2/c1-10-7-11(2)14(12(3)8-10)9-15-17-13(4)5-6-16/h7-9,13,16H,5-6H2,1-4H3/b15-9+/t13-/m1/s1. The van der Waals surface area contributed by atoms with Crippen molar-refractivity contribution in [1.29, 1.82) is 0 Å². The van der Waals surface area contributed by atoms with Gasteiger partial charge >= 0.3 is 0 Å². The van der Waals surface area contributed by atoms with Crippen molar-refractivity contribution in [3.63, 3.8) is 0 Å². The first-order chi connectivity index (χ1) is 8.04. The van der Waals surface area contributed by atoms with Crippen LogP contribution in [-0.2, 0) is 4.84 Å². The van der Waals surface area contributed by atoms with Crippen LogP contribution in [0, 0.1) is 20.8 Å². The molecule has 0 unspecified atom stereocenters. The Balaban J connectivity index is 2.71. The van der Waals surface area contributed by atoms with Crippen LogP contribution in [0.4, 0.5) is 0 Å². The molecule has 0 amide bonds. The van der Waals surface area contributed by atoms with E-state index in [1.165, 1.54) is 16.7 Å². The molecule has 0 aliphatic rings. The normalized spacial score (nSPS) is 13.0. The summed E-state index contributed by atoms with van der Waals surface area (Å²) in [6.07, 6.45) is 2.29. The number of aliphatic hydroxyl groups excluding tert-OH is 1. The third-order valence-electron chi connectivity index (χ3n) is 2.70. The summed E-state index contributed by atoms with van der Waals surface area (Å²) in [6, 6.07) is 4.26. The maximum Gasteiger partial charge on any atom is 0.126 e. The highest BCUT2D eigenvalue weighted by atomic mass is 16.6. The van der Waals surface area contributed by atoms with E-state index in [1.54, 1.807) is 6.21 Å². The highest BCUT2D eigenvalue weighted by Crippen LogP contribution is 2.14. The Morgan fingerprint density at radius 3 is 2.41 bits per heavy atom. The van der Waals surface area contributed by atoms with E-state index in [1.807, 2.05) is 6.92 Å². The molecule has 0 radical (unpaired) electrons. The SMILES string of the molecule is Cc1cc(C)c(/C=N/O[C@H](C)CCO)c(C)c1. The number of oxime groups is 1. The Morgan fingerprint density at radius 2 is 1.88 bits per heavy atom. The van der Waals surface area contributed by atoms with Crippen molar-refractivity contribution < 1.29 is 9.94 Å². The van der Waals surface area contributed by atoms with Crippen molar-refractivity contribution in [3.05, 3.63) is 34.4 Å². The lowest BCUT2D eigenvalue weighted by molar-refractivity contribution is 0.0542. The Kier molecular flexibility index (Phi) is 5.16. The second-order valence-corrected chi connectivity index (χ2v) is 4.48. The molecule has 0 spiro atoms. The summed E-state index contributed by atoms with van der Waals surface area (Å²) in [4.78, 5) is 5.24. The average molecular weight is 235 g/mol. The van der Waals surface area contributed by atoms with Crippen LogP contribution < -0.4 is 0 Å². The highest BCUT2D eigenvalue weighted by Gasteiger charge is 2.02. The van der Waals surface area contributed by atoms with Gasteiger partial charge in [-0.15, -0.1) is 0 Å². The molecule has 1 aromatic carbocycles. The van der Waals surface area contributed by atoms with Crippen molar-refractivity contribution in [2.45, 2.75) is 40.2 Å². The van der Waals surface area contributed by atoms with Crippen LogP contribution in [0.2, 0.25) is 0 Å². The summed E-state index contributed by atoms with van der Waals surface area (Å²) in [7, 11) is 0. The van der Waals surface area contributed by atoms with Crippen LogP contribution in [-0.4, -0.2) is 24.0 Å². The van der Waals surface area contributed by atoms with Crippen molar-refractivity contribution in [3.8, 4) is 0 Å². The molecule has 0 fully saturated rings. The maximum absolute atomic E-state index is 8.74. The zero-order valence-electron chi connectivity index (χ0n) is 11.0. The van der Waals surface area contributed by atoms with Gasteiger partial charge in [-0.1, -0.05) is 22.9 Å². The van der Waals surface area contributed by atoms with Gasteiger partial charge in [-0.3, -0.25) is 0 Å². The van der Waals surface area contributed by atoms with E-state index in [0.29, 0.717) is 6.42 Å². The Morgan fingerprint density at radius 1 is 1.29 bits per heavy atom. The van der Waals surface area contributed by atoms with E-state index in [9.17, 15) is 0 Å². The fraction of sp³-hybridized carbons (Fsp3) is 0.500. The van der Waals surface area contributed by atoms with Crippen molar-refractivity contribution >= 4 is 6.21 Å². The van der Waals surface area contributed by atoms with Gasteiger partial charge in [-0.05, 0) is 38.8 Å². The van der Waals surface area contributed by atoms with E-state index in [0.717, 1.165) is 5.56 Å². The smallest absolute Gasteiger partial charge is 0.126 e. The largest absolute Gasteiger partial charge is 0.396 e. The molecule has 0 saturated carbocycles. The van der Waals surface area contributed by atoms with Crippen LogP contribution in [0.15, 0.2) is 17.3 Å². The van der Waals surface area contributed by atoms with Crippen LogP contribution in [0.1, 0.15) is 35.6 Å². The summed E-state index contributed by atoms with van der Waals surface area (Å²) < 4.78 is 0. The van der Waals surface area contributed by atoms with Gasteiger partial charge < -0.3 is 9.94 Å². The van der Waals surface area contributed by atoms with Crippen LogP contribution in [0.5, 0.6) is 0 Å². The minimum absolute atomic E-state index is 0.0534. The number of hydrogen-bond acceptors (Lipinski definition) is 3. The van der Waals surface area contributed by atoms with E-state index in [4.69, 9.17) is 9.94 Å². The monoisotopic (exact) mass is 235 g/mol. The molecule has 0 aliphatic carbocycles. The zero-order chi connectivity index (χ0) is 12.8. The van der Waals surface area contributed by atoms with E-state index in [-0.39, 0.29) is 12.7 Å². The number of hydrogen-bond donors (Lipinski definition) is 1. The van der Waals surface area contributed by atoms with E-state index >= 15 is 0 Å². The molecule has 3 nitrogen and oxygen atoms in total. The summed E-state index contributed by atoms with van der Waals surface area (Å²) in [6.45, 7) is 8.24. The number of benzene rings is 1. The lowest BCUT2D eigenvalue weighted by atomic mass is 10.0. The topological polar surface area (TPSA) is 41.8 Å². The van der Waals surface area contributed by atoms with Gasteiger partial charge in [-0.2, -0.15) is 0 Å². The quantitative estimate of drug-likeness (QED) is 0.630. The van der Waals surface area contributed by atoms with Gasteiger partial charge in [0.1, 0.15) is 6.10 Å². The third-order valence-corrected chi connectivity index (χ3v) is 2.70. The molecule has 3 heteroatoms. The molecule has 0 aliphatic heterocycles. The third kappa shape index (κ3) is 4.19. The second kappa shape index (κ2) is 6.40. The summed E-state index contributed by atoms with van der Waals surface area (Å²) >= 11 is 0. The number of rotatable bonds is 5. The minimum Gasteiger partial charge on any atom is -0.396 e. The number of aryl methyl sites for hydroxylation is 3. The van der Waals surface area contributed by atoms with Crippen molar-refractivity contribution in [2.24, 2.45) is 5.16 Å². The van der Waals surface area contributed by atoms with Gasteiger partial charge in [0.2, 0.25) is 0 Å². The molecule has 0 heterocycles. The molecule has 1 N–H and O–H groups in total. The Labute approximate surface area is 103 Å². The molecule has 0 aromatic heterocycles. The first-order valence-electron chi connectivity index (χ1n) is 5.92. The van der Waals surface area contributed by atoms with Crippen LogP contribution in [0.3, 0.4) is 0 Å². The minimum atomic E-state index is -0.0534. The molecule has 1 aromatic rings. The van der Waals surface area contributed by atoms with Crippen LogP contribution in [0.25, 0.3) is 0 Å². The van der Waals surface area contributed by atoms with Crippen molar-refractivity contribution in [1.82, 2.24) is 0 Å². The molecule has 17 heavy (non-hydrogen) atoms. The first-order valence-corrected chi connectivity index (χ1v) is 5.92. The molecular formula is C14H21NO2. The van der Waals surface area contributed by atoms with Gasteiger partial charge in [0.15, 0.2) is 0 Å². The number of aliphatic hydroxyl groups is 1. The van der Waals surface area contributed by atoms with E-state index < -0.39 is 0 Å². The highest BCUT2D eigenvalue weighted by molar-refractivity contribution is 5.83. The molecule has 1 rings (SSSR count). The van der Waals surface area contributed by atoms with Gasteiger partial charge in [0, 0.05) is 18.6 Å². The Bertz CT molecular complexity index is 376. The lowest BCUT2D eigenvalue weighted by Crippen LogP contribution is -2.06. The molecule has 94 valence electrons. The number of nitrogens with zero attached hydrogens (tertiary/aromatic N) is 1. The second-order valence-electron chi connectivity index (χ2n) is 4.48. The molecular weight excluding hydrogens is 214 g/mol. The fourth-order valence-corrected chi connectivity index (χ4v) is 1.82. The van der Waals surface area contributed by atoms with Crippen molar-refractivity contribution in [2.75, 3.05) is 6.61 Å². The van der Waals surface area contributed by atoms with Crippen LogP contribution >= 0.6 is 0 Å². The average Bonchev–Trinajstić information content (AvgIpc) is 2.22. The summed E-state index contributed by atoms with van der Waals surface area (Å²) in [5.74, 6) is 0. The van der Waals surface area contributed by atoms with Gasteiger partial charge in [0.25, 0.3) is 0 Å². The predicted octanol–water partition coefficient (Wildman–Crippen LogP) is 2.73. The molecule has 0 bridgehead atoms. The maximum atomic E-state index is 8.74. The summed E-state index contributed by atoms with van der Waals surface area (Å²) in [5, 5.41) is 12.7. The molecule has 0 saturated heterocycles. The van der Waals surface area contributed by atoms with E-state index in [2.05, 4.69) is 38.1 Å². The summed E-state index contributed by atoms with van der Waals surface area (Å²) in [5.41, 5.74) is 4.76. The first kappa shape index (κ1) is 13.7. The van der Waals surface area contributed by atoms with Gasteiger partial charge in [0.05, 0.1) is 6.21 Å². The Hall–Kier alpha value is -1.35. The predicted molar refractivity (Wildman–Crippen MR) is 70.5 cm³/mol. The van der Waals surface area contributed by atoms with Gasteiger partial charge in [-0.25, -0.2) is 0 Å².